The fraction of sp³-hybridized carbons (Fsp3) is 0.0833. The molecule has 0 aliphatic rings. The van der Waals surface area contributed by atoms with E-state index in [1.165, 1.54) is 7.11 Å². The Hall–Kier alpha value is -3.57. The van der Waals surface area contributed by atoms with Crippen LogP contribution >= 0.6 is 11.6 Å². The van der Waals surface area contributed by atoms with Gasteiger partial charge in [0.1, 0.15) is 11.4 Å². The van der Waals surface area contributed by atoms with Crippen molar-refractivity contribution in [3.63, 3.8) is 0 Å². The molecule has 3 aromatic carbocycles. The average Bonchev–Trinajstić information content (AvgIpc) is 2.75. The highest BCUT2D eigenvalue weighted by Crippen LogP contribution is 2.24. The van der Waals surface area contributed by atoms with Gasteiger partial charge in [-0.05, 0) is 48.9 Å². The molecule has 0 radical (unpaired) electrons. The van der Waals surface area contributed by atoms with Crippen LogP contribution in [0.5, 0.6) is 5.75 Å². The van der Waals surface area contributed by atoms with Gasteiger partial charge in [-0.3, -0.25) is 9.59 Å². The number of nitrogens with one attached hydrogen (secondary N) is 2. The zero-order valence-corrected chi connectivity index (χ0v) is 17.4. The van der Waals surface area contributed by atoms with E-state index in [-0.39, 0.29) is 5.70 Å². The molecule has 0 aliphatic carbocycles. The van der Waals surface area contributed by atoms with E-state index in [2.05, 4.69) is 10.6 Å². The number of hydrogen-bond donors (Lipinski definition) is 2. The Morgan fingerprint density at radius 2 is 1.60 bits per heavy atom. The van der Waals surface area contributed by atoms with Gasteiger partial charge < -0.3 is 15.4 Å². The number of carbonyl (C=O) groups excluding carboxylic acids is 2. The lowest BCUT2D eigenvalue weighted by Crippen LogP contribution is -2.30. The fourth-order valence-electron chi connectivity index (χ4n) is 2.74. The molecule has 0 heterocycles. The summed E-state index contributed by atoms with van der Waals surface area (Å²) in [5.74, 6) is -0.392. The normalized spacial score (nSPS) is 11.0. The van der Waals surface area contributed by atoms with Crippen LogP contribution in [0.25, 0.3) is 6.08 Å². The maximum absolute atomic E-state index is 13.0. The third kappa shape index (κ3) is 5.27. The third-order valence-electron chi connectivity index (χ3n) is 4.37. The molecule has 0 aromatic heterocycles. The summed E-state index contributed by atoms with van der Waals surface area (Å²) in [4.78, 5) is 25.8. The van der Waals surface area contributed by atoms with Crippen LogP contribution in [0.1, 0.15) is 21.5 Å². The van der Waals surface area contributed by atoms with Crippen LogP contribution in [0.2, 0.25) is 5.02 Å². The van der Waals surface area contributed by atoms with E-state index in [0.717, 1.165) is 5.56 Å². The van der Waals surface area contributed by atoms with E-state index in [0.29, 0.717) is 27.6 Å². The van der Waals surface area contributed by atoms with Crippen molar-refractivity contribution in [2.24, 2.45) is 0 Å². The van der Waals surface area contributed by atoms with Gasteiger partial charge in [0.05, 0.1) is 12.8 Å². The van der Waals surface area contributed by atoms with Gasteiger partial charge >= 0.3 is 0 Å². The van der Waals surface area contributed by atoms with Gasteiger partial charge in [0.15, 0.2) is 0 Å². The summed E-state index contributed by atoms with van der Waals surface area (Å²) in [6.45, 7) is 1.94. The predicted octanol–water partition coefficient (Wildman–Crippen LogP) is 5.07. The van der Waals surface area contributed by atoms with Crippen LogP contribution < -0.4 is 15.4 Å². The van der Waals surface area contributed by atoms with Gasteiger partial charge in [-0.2, -0.15) is 0 Å². The van der Waals surface area contributed by atoms with Crippen LogP contribution in [0, 0.1) is 6.92 Å². The smallest absolute Gasteiger partial charge is 0.272 e. The molecular weight excluding hydrogens is 400 g/mol. The quantitative estimate of drug-likeness (QED) is 0.547. The number of carbonyl (C=O) groups is 2. The summed E-state index contributed by atoms with van der Waals surface area (Å²) in [6, 6.07) is 21.2. The Labute approximate surface area is 180 Å². The van der Waals surface area contributed by atoms with Crippen molar-refractivity contribution in [2.45, 2.75) is 6.92 Å². The topological polar surface area (TPSA) is 67.4 Å². The maximum atomic E-state index is 13.0. The first kappa shape index (κ1) is 21.1. The van der Waals surface area contributed by atoms with Gasteiger partial charge in [-0.1, -0.05) is 59.6 Å². The highest BCUT2D eigenvalue weighted by molar-refractivity contribution is 6.32. The summed E-state index contributed by atoms with van der Waals surface area (Å²) >= 11 is 6.24. The molecule has 30 heavy (non-hydrogen) atoms. The molecule has 0 bridgehead atoms. The van der Waals surface area contributed by atoms with E-state index < -0.39 is 11.8 Å². The minimum absolute atomic E-state index is 0.0552. The highest BCUT2D eigenvalue weighted by atomic mass is 35.5. The number of halogens is 1. The first-order valence-electron chi connectivity index (χ1n) is 9.26. The van der Waals surface area contributed by atoms with Gasteiger partial charge in [-0.25, -0.2) is 0 Å². The second kappa shape index (κ2) is 9.76. The first-order chi connectivity index (χ1) is 14.5. The minimum atomic E-state index is -0.500. The molecule has 152 valence electrons. The Bertz CT molecular complexity index is 1090. The van der Waals surface area contributed by atoms with Crippen molar-refractivity contribution in [1.29, 1.82) is 0 Å². The molecule has 2 amide bonds. The molecule has 3 rings (SSSR count). The van der Waals surface area contributed by atoms with E-state index in [9.17, 15) is 9.59 Å². The van der Waals surface area contributed by atoms with Crippen molar-refractivity contribution < 1.29 is 14.3 Å². The molecule has 0 saturated heterocycles. The van der Waals surface area contributed by atoms with E-state index in [1.807, 2.05) is 19.1 Å². The van der Waals surface area contributed by atoms with Gasteiger partial charge in [0.25, 0.3) is 11.8 Å². The van der Waals surface area contributed by atoms with E-state index in [1.54, 1.807) is 66.7 Å². The van der Waals surface area contributed by atoms with E-state index >= 15 is 0 Å². The van der Waals surface area contributed by atoms with Gasteiger partial charge in [0.2, 0.25) is 0 Å². The predicted molar refractivity (Wildman–Crippen MR) is 120 cm³/mol. The Kier molecular flexibility index (Phi) is 6.88. The van der Waals surface area contributed by atoms with Crippen molar-refractivity contribution in [3.05, 3.63) is 100 Å². The number of anilines is 1. The van der Waals surface area contributed by atoms with Crippen molar-refractivity contribution in [2.75, 3.05) is 12.4 Å². The SMILES string of the molecule is COc1ccccc1NC(=O)/C(=C\c1ccccc1Cl)NC(=O)c1ccc(C)cc1. The third-order valence-corrected chi connectivity index (χ3v) is 4.71. The number of benzene rings is 3. The summed E-state index contributed by atoms with van der Waals surface area (Å²) in [7, 11) is 1.52. The molecule has 0 unspecified atom stereocenters. The average molecular weight is 421 g/mol. The summed E-state index contributed by atoms with van der Waals surface area (Å²) in [5.41, 5.74) is 2.62. The molecular formula is C24H21ClN2O3. The number of aryl methyl sites for hydroxylation is 1. The molecule has 0 spiro atoms. The molecule has 5 nitrogen and oxygen atoms in total. The van der Waals surface area contributed by atoms with Crippen molar-refractivity contribution in [1.82, 2.24) is 5.32 Å². The Balaban J connectivity index is 1.92. The molecule has 6 heteroatoms. The van der Waals surface area contributed by atoms with Crippen LogP contribution in [0.3, 0.4) is 0 Å². The molecule has 0 aliphatic heterocycles. The summed E-state index contributed by atoms with van der Waals surface area (Å²) in [5, 5.41) is 5.94. The second-order valence-corrected chi connectivity index (χ2v) is 6.96. The lowest BCUT2D eigenvalue weighted by atomic mass is 10.1. The van der Waals surface area contributed by atoms with Crippen LogP contribution in [0.15, 0.2) is 78.5 Å². The van der Waals surface area contributed by atoms with Gasteiger partial charge in [0, 0.05) is 10.6 Å². The second-order valence-electron chi connectivity index (χ2n) is 6.55. The Morgan fingerprint density at radius 1 is 0.933 bits per heavy atom. The largest absolute Gasteiger partial charge is 0.495 e. The fourth-order valence-corrected chi connectivity index (χ4v) is 2.93. The number of ether oxygens (including phenoxy) is 1. The molecule has 0 fully saturated rings. The molecule has 0 atom stereocenters. The van der Waals surface area contributed by atoms with Crippen LogP contribution in [-0.2, 0) is 4.79 Å². The summed E-state index contributed by atoms with van der Waals surface area (Å²) in [6.07, 6.45) is 1.54. The zero-order valence-electron chi connectivity index (χ0n) is 16.6. The number of rotatable bonds is 6. The van der Waals surface area contributed by atoms with Crippen molar-refractivity contribution >= 4 is 35.2 Å². The maximum Gasteiger partial charge on any atom is 0.272 e. The minimum Gasteiger partial charge on any atom is -0.495 e. The summed E-state index contributed by atoms with van der Waals surface area (Å²) < 4.78 is 5.28. The Morgan fingerprint density at radius 3 is 2.30 bits per heavy atom. The standard InChI is InChI=1S/C24H21ClN2O3/c1-16-11-13-17(14-12-16)23(28)27-21(15-18-7-3-4-8-19(18)25)24(29)26-20-9-5-6-10-22(20)30-2/h3-15H,1-2H3,(H,26,29)(H,27,28)/b21-15+. The number of methoxy groups -OCH3 is 1. The number of para-hydroxylation sites is 2. The first-order valence-corrected chi connectivity index (χ1v) is 9.64. The number of hydrogen-bond acceptors (Lipinski definition) is 3. The van der Waals surface area contributed by atoms with Gasteiger partial charge in [-0.15, -0.1) is 0 Å². The van der Waals surface area contributed by atoms with Crippen LogP contribution in [-0.4, -0.2) is 18.9 Å². The lowest BCUT2D eigenvalue weighted by molar-refractivity contribution is -0.113. The molecule has 0 saturated carbocycles. The number of amides is 2. The lowest BCUT2D eigenvalue weighted by Gasteiger charge is -2.13. The highest BCUT2D eigenvalue weighted by Gasteiger charge is 2.17. The monoisotopic (exact) mass is 420 g/mol. The van der Waals surface area contributed by atoms with E-state index in [4.69, 9.17) is 16.3 Å². The molecule has 2 N–H and O–H groups in total. The van der Waals surface area contributed by atoms with Crippen molar-refractivity contribution in [3.8, 4) is 5.75 Å². The molecule has 3 aromatic rings. The zero-order chi connectivity index (χ0) is 21.5. The van der Waals surface area contributed by atoms with Crippen LogP contribution in [0.4, 0.5) is 5.69 Å².